The van der Waals surface area contributed by atoms with Crippen molar-refractivity contribution >= 4 is 35.1 Å². The maximum Gasteiger partial charge on any atom is 0.489 e. The number of halogens is 1. The van der Waals surface area contributed by atoms with Gasteiger partial charge in [0.25, 0.3) is 0 Å². The van der Waals surface area contributed by atoms with Crippen molar-refractivity contribution in [1.82, 2.24) is 9.78 Å². The lowest BCUT2D eigenvalue weighted by atomic mass is 9.75. The van der Waals surface area contributed by atoms with Crippen molar-refractivity contribution in [2.24, 2.45) is 0 Å². The van der Waals surface area contributed by atoms with Crippen LogP contribution < -0.4 is 5.46 Å². The molecule has 0 aliphatic carbocycles. The predicted octanol–water partition coefficient (Wildman–Crippen LogP) is 1.38. The molecule has 2 N–H and O–H groups in total. The molecule has 1 atom stereocenters. The number of fused-ring (bicyclic) bond motifs is 1. The van der Waals surface area contributed by atoms with E-state index >= 15 is 0 Å². The van der Waals surface area contributed by atoms with E-state index in [1.54, 1.807) is 17.8 Å². The number of hydrogen-bond donors (Lipinski definition) is 2. The smallest absolute Gasteiger partial charge is 0.423 e. The monoisotopic (exact) mass is 294 g/mol. The summed E-state index contributed by atoms with van der Waals surface area (Å²) in [5, 5.41) is 24.7. The average Bonchev–Trinajstić information content (AvgIpc) is 2.83. The first kappa shape index (κ1) is 13.9. The first-order valence-corrected chi connectivity index (χ1v) is 7.11. The second-order valence-electron chi connectivity index (χ2n) is 5.11. The van der Waals surface area contributed by atoms with Crippen LogP contribution in [0.4, 0.5) is 0 Å². The standard InChI is InChI=1S/C13H16BClN2O3/c1-8-10(15)6-11-9(13(8)14(18)19)7-16-17(11)12-4-2-3-5-20-12/h6-7,12,18-19H,2-5H2,1H3. The highest BCUT2D eigenvalue weighted by molar-refractivity contribution is 6.63. The second-order valence-corrected chi connectivity index (χ2v) is 5.52. The second kappa shape index (κ2) is 5.37. The number of ether oxygens (including phenoxy) is 1. The largest absolute Gasteiger partial charge is 0.489 e. The fraction of sp³-hybridized carbons (Fsp3) is 0.462. The van der Waals surface area contributed by atoms with Crippen LogP contribution in [0.5, 0.6) is 0 Å². The molecule has 0 radical (unpaired) electrons. The third kappa shape index (κ3) is 2.22. The molecule has 7 heteroatoms. The van der Waals surface area contributed by atoms with Gasteiger partial charge in [0.05, 0.1) is 11.7 Å². The highest BCUT2D eigenvalue weighted by Crippen LogP contribution is 2.28. The number of nitrogens with zero attached hydrogens (tertiary/aromatic N) is 2. The molecule has 1 aliphatic heterocycles. The number of rotatable bonds is 2. The SMILES string of the molecule is Cc1c(Cl)cc2c(cnn2C2CCCCO2)c1B(O)O. The van der Waals surface area contributed by atoms with Crippen LogP contribution in [-0.2, 0) is 4.74 Å². The van der Waals surface area contributed by atoms with Crippen LogP contribution in [0.25, 0.3) is 10.9 Å². The fourth-order valence-electron chi connectivity index (χ4n) is 2.76. The van der Waals surface area contributed by atoms with E-state index in [1.165, 1.54) is 0 Å². The fourth-order valence-corrected chi connectivity index (χ4v) is 2.97. The highest BCUT2D eigenvalue weighted by Gasteiger charge is 2.25. The van der Waals surface area contributed by atoms with Crippen molar-refractivity contribution in [2.45, 2.75) is 32.4 Å². The van der Waals surface area contributed by atoms with Gasteiger partial charge in [-0.3, -0.25) is 0 Å². The minimum absolute atomic E-state index is 0.108. The third-order valence-corrected chi connectivity index (χ3v) is 4.23. The Balaban J connectivity index is 2.17. The first-order chi connectivity index (χ1) is 9.59. The van der Waals surface area contributed by atoms with Gasteiger partial charge in [-0.25, -0.2) is 4.68 Å². The Morgan fingerprint density at radius 1 is 1.45 bits per heavy atom. The van der Waals surface area contributed by atoms with Crippen molar-refractivity contribution in [3.8, 4) is 0 Å². The van der Waals surface area contributed by atoms with Gasteiger partial charge < -0.3 is 14.8 Å². The highest BCUT2D eigenvalue weighted by atomic mass is 35.5. The van der Waals surface area contributed by atoms with Gasteiger partial charge in [0.2, 0.25) is 0 Å². The van der Waals surface area contributed by atoms with Crippen molar-refractivity contribution < 1.29 is 14.8 Å². The molecule has 2 heterocycles. The maximum atomic E-state index is 9.58. The Labute approximate surface area is 122 Å². The van der Waals surface area contributed by atoms with Gasteiger partial charge in [-0.05, 0) is 43.3 Å². The Kier molecular flexibility index (Phi) is 3.73. The zero-order valence-corrected chi connectivity index (χ0v) is 12.0. The number of benzene rings is 1. The number of aromatic nitrogens is 2. The van der Waals surface area contributed by atoms with Crippen molar-refractivity contribution in [3.05, 3.63) is 22.8 Å². The summed E-state index contributed by atoms with van der Waals surface area (Å²) >= 11 is 6.20. The molecule has 2 aromatic rings. The first-order valence-electron chi connectivity index (χ1n) is 6.73. The quantitative estimate of drug-likeness (QED) is 0.821. The summed E-state index contributed by atoms with van der Waals surface area (Å²) in [6.45, 7) is 2.49. The van der Waals surface area contributed by atoms with Gasteiger partial charge in [-0.15, -0.1) is 0 Å². The van der Waals surface area contributed by atoms with Crippen molar-refractivity contribution in [3.63, 3.8) is 0 Å². The molecule has 1 saturated heterocycles. The molecule has 1 aromatic carbocycles. The Morgan fingerprint density at radius 2 is 2.25 bits per heavy atom. The van der Waals surface area contributed by atoms with Crippen molar-refractivity contribution in [1.29, 1.82) is 0 Å². The Morgan fingerprint density at radius 3 is 2.90 bits per heavy atom. The summed E-state index contributed by atoms with van der Waals surface area (Å²) in [6.07, 6.45) is 4.60. The Bertz CT molecular complexity index is 638. The molecule has 1 fully saturated rings. The van der Waals surface area contributed by atoms with E-state index in [-0.39, 0.29) is 6.23 Å². The zero-order valence-electron chi connectivity index (χ0n) is 11.2. The molecular formula is C13H16BClN2O3. The maximum absolute atomic E-state index is 9.58. The van der Waals surface area contributed by atoms with Crippen LogP contribution in [-0.4, -0.2) is 33.6 Å². The molecule has 0 saturated carbocycles. The van der Waals surface area contributed by atoms with E-state index in [9.17, 15) is 10.0 Å². The summed E-state index contributed by atoms with van der Waals surface area (Å²) in [5.41, 5.74) is 1.85. The lowest BCUT2D eigenvalue weighted by Gasteiger charge is -2.23. The summed E-state index contributed by atoms with van der Waals surface area (Å²) in [6, 6.07) is 1.81. The molecule has 0 spiro atoms. The van der Waals surface area contributed by atoms with Crippen LogP contribution >= 0.6 is 11.6 Å². The van der Waals surface area contributed by atoms with Crippen LogP contribution in [0.1, 0.15) is 31.1 Å². The zero-order chi connectivity index (χ0) is 14.3. The van der Waals surface area contributed by atoms with Gasteiger partial charge in [0.1, 0.15) is 0 Å². The van der Waals surface area contributed by atoms with E-state index in [1.807, 2.05) is 6.07 Å². The topological polar surface area (TPSA) is 67.5 Å². The van der Waals surface area contributed by atoms with Gasteiger partial charge in [-0.2, -0.15) is 5.10 Å². The minimum atomic E-state index is -1.57. The van der Waals surface area contributed by atoms with Crippen LogP contribution in [0.3, 0.4) is 0 Å². The summed E-state index contributed by atoms with van der Waals surface area (Å²) in [7, 11) is -1.57. The van der Waals surface area contributed by atoms with Gasteiger partial charge in [0, 0.05) is 17.0 Å². The van der Waals surface area contributed by atoms with Gasteiger partial charge in [0.15, 0.2) is 6.23 Å². The van der Waals surface area contributed by atoms with Crippen LogP contribution in [0.2, 0.25) is 5.02 Å². The lowest BCUT2D eigenvalue weighted by molar-refractivity contribution is -0.0366. The minimum Gasteiger partial charge on any atom is -0.423 e. The molecular weight excluding hydrogens is 278 g/mol. The normalized spacial score (nSPS) is 19.5. The van der Waals surface area contributed by atoms with Gasteiger partial charge >= 0.3 is 7.12 Å². The van der Waals surface area contributed by atoms with E-state index in [2.05, 4.69) is 5.10 Å². The van der Waals surface area contributed by atoms with E-state index in [0.29, 0.717) is 21.4 Å². The van der Waals surface area contributed by atoms with Crippen LogP contribution in [0, 0.1) is 6.92 Å². The third-order valence-electron chi connectivity index (χ3n) is 3.84. The molecule has 0 bridgehead atoms. The molecule has 20 heavy (non-hydrogen) atoms. The summed E-state index contributed by atoms with van der Waals surface area (Å²) in [5.74, 6) is 0. The molecule has 106 valence electrons. The molecule has 1 aromatic heterocycles. The van der Waals surface area contributed by atoms with Crippen LogP contribution in [0.15, 0.2) is 12.3 Å². The summed E-state index contributed by atoms with van der Waals surface area (Å²) < 4.78 is 7.52. The van der Waals surface area contributed by atoms with E-state index in [0.717, 1.165) is 31.4 Å². The molecule has 1 aliphatic rings. The van der Waals surface area contributed by atoms with E-state index < -0.39 is 7.12 Å². The number of hydrogen-bond acceptors (Lipinski definition) is 4. The average molecular weight is 295 g/mol. The molecule has 5 nitrogen and oxygen atoms in total. The predicted molar refractivity (Wildman–Crippen MR) is 78.1 cm³/mol. The van der Waals surface area contributed by atoms with Crippen molar-refractivity contribution in [2.75, 3.05) is 6.61 Å². The summed E-state index contributed by atoms with van der Waals surface area (Å²) in [4.78, 5) is 0. The molecule has 1 unspecified atom stereocenters. The van der Waals surface area contributed by atoms with E-state index in [4.69, 9.17) is 16.3 Å². The molecule has 0 amide bonds. The Hall–Kier alpha value is -1.08. The van der Waals surface area contributed by atoms with Gasteiger partial charge in [-0.1, -0.05) is 11.6 Å². The lowest BCUT2D eigenvalue weighted by Crippen LogP contribution is -2.33. The molecule has 3 rings (SSSR count).